The fraction of sp³-hybridized carbons (Fsp3) is 0.111. The molecule has 2 aromatic rings. The van der Waals surface area contributed by atoms with Gasteiger partial charge < -0.3 is 10.1 Å². The summed E-state index contributed by atoms with van der Waals surface area (Å²) in [6, 6.07) is 13.7. The van der Waals surface area contributed by atoms with Gasteiger partial charge in [-0.05, 0) is 48.9 Å². The zero-order chi connectivity index (χ0) is 17.5. The minimum absolute atomic E-state index is 0.0229. The smallest absolute Gasteiger partial charge is 0.266 e. The molecule has 0 atom stereocenters. The molecule has 2 rings (SSSR count). The fourth-order valence-corrected chi connectivity index (χ4v) is 2.21. The topological polar surface area (TPSA) is 62.1 Å². The van der Waals surface area contributed by atoms with Crippen molar-refractivity contribution < 1.29 is 9.53 Å². The van der Waals surface area contributed by atoms with Crippen molar-refractivity contribution in [2.75, 3.05) is 11.9 Å². The van der Waals surface area contributed by atoms with Gasteiger partial charge in [-0.2, -0.15) is 5.26 Å². The molecule has 24 heavy (non-hydrogen) atoms. The Kier molecular flexibility index (Phi) is 6.25. The van der Waals surface area contributed by atoms with Crippen LogP contribution in [0.5, 0.6) is 5.75 Å². The van der Waals surface area contributed by atoms with Gasteiger partial charge in [-0.1, -0.05) is 35.3 Å². The summed E-state index contributed by atoms with van der Waals surface area (Å²) >= 11 is 11.7. The molecule has 0 radical (unpaired) electrons. The van der Waals surface area contributed by atoms with Crippen LogP contribution >= 0.6 is 23.2 Å². The number of halogens is 2. The third-order valence-electron chi connectivity index (χ3n) is 3.04. The van der Waals surface area contributed by atoms with E-state index in [4.69, 9.17) is 27.9 Å². The summed E-state index contributed by atoms with van der Waals surface area (Å²) < 4.78 is 5.35. The van der Waals surface area contributed by atoms with Gasteiger partial charge in [-0.3, -0.25) is 4.79 Å². The van der Waals surface area contributed by atoms with Crippen LogP contribution in [0.15, 0.2) is 48.0 Å². The SMILES string of the molecule is CCOc1ccc(/C=C(\C#N)C(=O)Nc2ccc(Cl)c(Cl)c2)cc1. The monoisotopic (exact) mass is 360 g/mol. The third-order valence-corrected chi connectivity index (χ3v) is 3.78. The molecule has 0 saturated heterocycles. The highest BCUT2D eigenvalue weighted by atomic mass is 35.5. The molecule has 0 fully saturated rings. The van der Waals surface area contributed by atoms with Crippen LogP contribution in [0.4, 0.5) is 5.69 Å². The van der Waals surface area contributed by atoms with Crippen LogP contribution in [0.2, 0.25) is 10.0 Å². The normalized spacial score (nSPS) is 10.8. The third kappa shape index (κ3) is 4.76. The van der Waals surface area contributed by atoms with E-state index >= 15 is 0 Å². The molecule has 0 bridgehead atoms. The van der Waals surface area contributed by atoms with Crippen molar-refractivity contribution in [3.63, 3.8) is 0 Å². The van der Waals surface area contributed by atoms with E-state index in [0.29, 0.717) is 22.3 Å². The summed E-state index contributed by atoms with van der Waals surface area (Å²) in [6.07, 6.45) is 1.50. The first-order valence-electron chi connectivity index (χ1n) is 7.14. The number of amides is 1. The van der Waals surface area contributed by atoms with E-state index < -0.39 is 5.91 Å². The summed E-state index contributed by atoms with van der Waals surface area (Å²) in [5, 5.41) is 12.5. The minimum Gasteiger partial charge on any atom is -0.494 e. The van der Waals surface area contributed by atoms with Crippen molar-refractivity contribution in [1.29, 1.82) is 5.26 Å². The van der Waals surface area contributed by atoms with E-state index in [1.807, 2.05) is 13.0 Å². The largest absolute Gasteiger partial charge is 0.494 e. The second-order valence-corrected chi connectivity index (χ2v) is 5.57. The highest BCUT2D eigenvalue weighted by molar-refractivity contribution is 6.42. The molecular weight excluding hydrogens is 347 g/mol. The van der Waals surface area contributed by atoms with Crippen molar-refractivity contribution in [1.82, 2.24) is 0 Å². The first kappa shape index (κ1) is 17.9. The molecule has 6 heteroatoms. The summed E-state index contributed by atoms with van der Waals surface area (Å²) in [6.45, 7) is 2.47. The first-order chi connectivity index (χ1) is 11.5. The van der Waals surface area contributed by atoms with E-state index in [-0.39, 0.29) is 5.57 Å². The minimum atomic E-state index is -0.523. The summed E-state index contributed by atoms with van der Waals surface area (Å²) in [7, 11) is 0. The summed E-state index contributed by atoms with van der Waals surface area (Å²) in [5.74, 6) is 0.207. The number of benzene rings is 2. The maximum atomic E-state index is 12.2. The number of ether oxygens (including phenoxy) is 1. The van der Waals surface area contributed by atoms with Gasteiger partial charge >= 0.3 is 0 Å². The number of hydrogen-bond acceptors (Lipinski definition) is 3. The Morgan fingerprint density at radius 3 is 2.50 bits per heavy atom. The fourth-order valence-electron chi connectivity index (χ4n) is 1.91. The first-order valence-corrected chi connectivity index (χ1v) is 7.90. The Bertz CT molecular complexity index is 809. The molecular formula is C18H14Cl2N2O2. The lowest BCUT2D eigenvalue weighted by atomic mass is 10.1. The van der Waals surface area contributed by atoms with E-state index in [1.54, 1.807) is 36.4 Å². The van der Waals surface area contributed by atoms with Gasteiger partial charge in [-0.25, -0.2) is 0 Å². The Hall–Kier alpha value is -2.48. The number of hydrogen-bond donors (Lipinski definition) is 1. The molecule has 0 spiro atoms. The quantitative estimate of drug-likeness (QED) is 0.606. The second kappa shape index (κ2) is 8.39. The van der Waals surface area contributed by atoms with Crippen LogP contribution in [0.25, 0.3) is 6.08 Å². The zero-order valence-corrected chi connectivity index (χ0v) is 14.4. The molecule has 0 heterocycles. The van der Waals surface area contributed by atoms with Crippen LogP contribution in [-0.2, 0) is 4.79 Å². The van der Waals surface area contributed by atoms with Crippen molar-refractivity contribution in [3.8, 4) is 11.8 Å². The van der Waals surface area contributed by atoms with Crippen LogP contribution in [0.3, 0.4) is 0 Å². The van der Waals surface area contributed by atoms with Gasteiger partial charge in [-0.15, -0.1) is 0 Å². The molecule has 0 unspecified atom stereocenters. The maximum Gasteiger partial charge on any atom is 0.266 e. The number of carbonyl (C=O) groups excluding carboxylic acids is 1. The Morgan fingerprint density at radius 2 is 1.92 bits per heavy atom. The van der Waals surface area contributed by atoms with Gasteiger partial charge in [0.25, 0.3) is 5.91 Å². The Balaban J connectivity index is 2.15. The highest BCUT2D eigenvalue weighted by Crippen LogP contribution is 2.25. The molecule has 0 aliphatic heterocycles. The lowest BCUT2D eigenvalue weighted by Crippen LogP contribution is -2.13. The molecule has 4 nitrogen and oxygen atoms in total. The average Bonchev–Trinajstić information content (AvgIpc) is 2.57. The summed E-state index contributed by atoms with van der Waals surface area (Å²) in [4.78, 5) is 12.2. The number of anilines is 1. The van der Waals surface area contributed by atoms with E-state index in [2.05, 4.69) is 5.32 Å². The number of carbonyl (C=O) groups is 1. The maximum absolute atomic E-state index is 12.2. The van der Waals surface area contributed by atoms with Gasteiger partial charge in [0, 0.05) is 5.69 Å². The standard InChI is InChI=1S/C18H14Cl2N2O2/c1-2-24-15-6-3-12(4-7-15)9-13(11-21)18(23)22-14-5-8-16(19)17(20)10-14/h3-10H,2H2,1H3,(H,22,23)/b13-9+. The average molecular weight is 361 g/mol. The van der Waals surface area contributed by atoms with Crippen LogP contribution < -0.4 is 10.1 Å². The number of nitrogens with one attached hydrogen (secondary N) is 1. The number of nitriles is 1. The zero-order valence-electron chi connectivity index (χ0n) is 12.8. The van der Waals surface area contributed by atoms with Crippen molar-refractivity contribution in [2.45, 2.75) is 6.92 Å². The molecule has 0 aliphatic rings. The predicted molar refractivity (Wildman–Crippen MR) is 96.3 cm³/mol. The van der Waals surface area contributed by atoms with Crippen LogP contribution in [0, 0.1) is 11.3 Å². The lowest BCUT2D eigenvalue weighted by Gasteiger charge is -2.06. The molecule has 122 valence electrons. The number of nitrogens with zero attached hydrogens (tertiary/aromatic N) is 1. The molecule has 0 aliphatic carbocycles. The molecule has 1 amide bonds. The van der Waals surface area contributed by atoms with Gasteiger partial charge in [0.1, 0.15) is 17.4 Å². The lowest BCUT2D eigenvalue weighted by molar-refractivity contribution is -0.112. The second-order valence-electron chi connectivity index (χ2n) is 4.75. The molecule has 2 aromatic carbocycles. The van der Waals surface area contributed by atoms with Crippen molar-refractivity contribution >= 4 is 40.9 Å². The molecule has 1 N–H and O–H groups in total. The Morgan fingerprint density at radius 1 is 1.21 bits per heavy atom. The van der Waals surface area contributed by atoms with Crippen LogP contribution in [0.1, 0.15) is 12.5 Å². The van der Waals surface area contributed by atoms with Crippen molar-refractivity contribution in [2.24, 2.45) is 0 Å². The molecule has 0 saturated carbocycles. The van der Waals surface area contributed by atoms with E-state index in [1.165, 1.54) is 12.1 Å². The van der Waals surface area contributed by atoms with Gasteiger partial charge in [0.2, 0.25) is 0 Å². The van der Waals surface area contributed by atoms with E-state index in [9.17, 15) is 10.1 Å². The summed E-state index contributed by atoms with van der Waals surface area (Å²) in [5.41, 5.74) is 1.16. The Labute approximate surface area is 150 Å². The van der Waals surface area contributed by atoms with Crippen LogP contribution in [-0.4, -0.2) is 12.5 Å². The van der Waals surface area contributed by atoms with Gasteiger partial charge in [0.15, 0.2) is 0 Å². The van der Waals surface area contributed by atoms with Gasteiger partial charge in [0.05, 0.1) is 16.7 Å². The predicted octanol–water partition coefficient (Wildman–Crippen LogP) is 4.94. The number of rotatable bonds is 5. The molecule has 0 aromatic heterocycles. The van der Waals surface area contributed by atoms with Crippen molar-refractivity contribution in [3.05, 3.63) is 63.6 Å². The van der Waals surface area contributed by atoms with E-state index in [0.717, 1.165) is 11.3 Å². The highest BCUT2D eigenvalue weighted by Gasteiger charge is 2.10.